The summed E-state index contributed by atoms with van der Waals surface area (Å²) in [5.74, 6) is 0.591. The first-order chi connectivity index (χ1) is 9.06. The lowest BCUT2D eigenvalue weighted by atomic mass is 10.0. The summed E-state index contributed by atoms with van der Waals surface area (Å²) in [7, 11) is 0. The molecule has 0 bridgehead atoms. The number of hydrogen-bond donors (Lipinski definition) is 0. The van der Waals surface area contributed by atoms with E-state index >= 15 is 0 Å². The van der Waals surface area contributed by atoms with E-state index in [0.717, 1.165) is 24.2 Å². The van der Waals surface area contributed by atoms with Crippen LogP contribution in [-0.4, -0.2) is 9.97 Å². The van der Waals surface area contributed by atoms with Gasteiger partial charge in [-0.1, -0.05) is 18.5 Å². The number of nitrogens with zero attached hydrogens (tertiary/aromatic N) is 2. The number of halogens is 2. The molecule has 0 amide bonds. The third kappa shape index (κ3) is 2.12. The number of aryl methyl sites for hydroxylation is 2. The molecule has 2 nitrogen and oxygen atoms in total. The molecule has 4 heteroatoms. The van der Waals surface area contributed by atoms with Crippen molar-refractivity contribution in [1.82, 2.24) is 9.97 Å². The Morgan fingerprint density at radius 1 is 1.32 bits per heavy atom. The Labute approximate surface area is 116 Å². The highest BCUT2D eigenvalue weighted by Crippen LogP contribution is 2.35. The summed E-state index contributed by atoms with van der Waals surface area (Å²) in [5.41, 5.74) is 3.60. The van der Waals surface area contributed by atoms with E-state index in [2.05, 4.69) is 16.9 Å². The van der Waals surface area contributed by atoms with Gasteiger partial charge in [-0.25, -0.2) is 14.4 Å². The molecule has 0 aliphatic heterocycles. The molecule has 98 valence electrons. The van der Waals surface area contributed by atoms with Crippen LogP contribution in [0.25, 0.3) is 11.4 Å². The van der Waals surface area contributed by atoms with Gasteiger partial charge in [0.25, 0.3) is 0 Å². The average Bonchev–Trinajstić information content (AvgIpc) is 2.74. The Bertz CT molecular complexity index is 655. The summed E-state index contributed by atoms with van der Waals surface area (Å²) in [5, 5.41) is 0.492. The Morgan fingerprint density at radius 3 is 2.89 bits per heavy atom. The fraction of sp³-hybridized carbons (Fsp3) is 0.333. The fourth-order valence-corrected chi connectivity index (χ4v) is 2.93. The van der Waals surface area contributed by atoms with E-state index in [1.165, 1.54) is 17.7 Å². The van der Waals surface area contributed by atoms with Gasteiger partial charge in [-0.2, -0.15) is 0 Å². The number of rotatable bonds is 1. The van der Waals surface area contributed by atoms with Crippen molar-refractivity contribution in [3.63, 3.8) is 0 Å². The van der Waals surface area contributed by atoms with Gasteiger partial charge >= 0.3 is 0 Å². The van der Waals surface area contributed by atoms with E-state index in [-0.39, 0.29) is 5.82 Å². The van der Waals surface area contributed by atoms with Crippen molar-refractivity contribution in [3.8, 4) is 11.4 Å². The van der Waals surface area contributed by atoms with Crippen LogP contribution in [0.3, 0.4) is 0 Å². The number of fused-ring (bicyclic) bond motifs is 1. The van der Waals surface area contributed by atoms with Crippen molar-refractivity contribution in [2.75, 3.05) is 0 Å². The molecule has 0 radical (unpaired) electrons. The van der Waals surface area contributed by atoms with Crippen molar-refractivity contribution in [2.45, 2.75) is 32.6 Å². The Hall–Kier alpha value is -1.48. The molecule has 1 aliphatic carbocycles. The van der Waals surface area contributed by atoms with Crippen LogP contribution in [0.4, 0.5) is 4.39 Å². The Balaban J connectivity index is 2.17. The standard InChI is InChI=1S/C15H14ClFN2/c1-8-3-6-13-14(8)9(2)18-15(19-13)11-7-10(16)4-5-12(11)17/h4-5,7-8H,3,6H2,1-2H3. The number of hydrogen-bond acceptors (Lipinski definition) is 2. The van der Waals surface area contributed by atoms with Crippen LogP contribution in [0.5, 0.6) is 0 Å². The van der Waals surface area contributed by atoms with E-state index in [4.69, 9.17) is 11.6 Å². The van der Waals surface area contributed by atoms with E-state index in [0.29, 0.717) is 22.3 Å². The summed E-state index contributed by atoms with van der Waals surface area (Å²) in [6.45, 7) is 4.15. The Kier molecular flexibility index (Phi) is 3.02. The van der Waals surface area contributed by atoms with Crippen molar-refractivity contribution in [3.05, 3.63) is 46.0 Å². The largest absolute Gasteiger partial charge is 0.233 e. The maximum atomic E-state index is 13.9. The van der Waals surface area contributed by atoms with Crippen molar-refractivity contribution in [2.24, 2.45) is 0 Å². The number of aromatic nitrogens is 2. The highest BCUT2D eigenvalue weighted by molar-refractivity contribution is 6.30. The van der Waals surface area contributed by atoms with Crippen molar-refractivity contribution >= 4 is 11.6 Å². The van der Waals surface area contributed by atoms with E-state index in [9.17, 15) is 4.39 Å². The second-order valence-electron chi connectivity index (χ2n) is 5.06. The third-order valence-corrected chi connectivity index (χ3v) is 3.93. The Morgan fingerprint density at radius 2 is 2.11 bits per heavy atom. The summed E-state index contributed by atoms with van der Waals surface area (Å²) < 4.78 is 13.9. The maximum absolute atomic E-state index is 13.9. The quantitative estimate of drug-likeness (QED) is 0.776. The first-order valence-electron chi connectivity index (χ1n) is 6.39. The minimum atomic E-state index is -0.338. The zero-order valence-corrected chi connectivity index (χ0v) is 11.6. The molecule has 1 heterocycles. The normalized spacial score (nSPS) is 17.6. The van der Waals surface area contributed by atoms with Crippen LogP contribution < -0.4 is 0 Å². The first-order valence-corrected chi connectivity index (χ1v) is 6.77. The molecule has 0 fully saturated rings. The second kappa shape index (κ2) is 4.57. The van der Waals surface area contributed by atoms with Gasteiger partial charge in [0.05, 0.1) is 5.56 Å². The van der Waals surface area contributed by atoms with Gasteiger partial charge < -0.3 is 0 Å². The predicted molar refractivity (Wildman–Crippen MR) is 73.9 cm³/mol. The molecule has 0 spiro atoms. The molecule has 1 aliphatic rings. The van der Waals surface area contributed by atoms with Crippen molar-refractivity contribution in [1.29, 1.82) is 0 Å². The highest BCUT2D eigenvalue weighted by atomic mass is 35.5. The fourth-order valence-electron chi connectivity index (χ4n) is 2.76. The van der Waals surface area contributed by atoms with Gasteiger partial charge in [0.2, 0.25) is 0 Å². The smallest absolute Gasteiger partial charge is 0.162 e. The molecule has 1 atom stereocenters. The lowest BCUT2D eigenvalue weighted by Gasteiger charge is -2.10. The highest BCUT2D eigenvalue weighted by Gasteiger charge is 2.24. The van der Waals surface area contributed by atoms with Crippen LogP contribution in [0, 0.1) is 12.7 Å². The van der Waals surface area contributed by atoms with Crippen LogP contribution in [0.15, 0.2) is 18.2 Å². The molecule has 0 saturated heterocycles. The summed E-state index contributed by atoms with van der Waals surface area (Å²) in [6.07, 6.45) is 2.03. The SMILES string of the molecule is Cc1nc(-c2cc(Cl)ccc2F)nc2c1C(C)CC2. The summed E-state index contributed by atoms with van der Waals surface area (Å²) in [6, 6.07) is 4.46. The zero-order chi connectivity index (χ0) is 13.6. The van der Waals surface area contributed by atoms with Gasteiger partial charge in [0.15, 0.2) is 5.82 Å². The maximum Gasteiger partial charge on any atom is 0.162 e. The molecular formula is C15H14ClFN2. The van der Waals surface area contributed by atoms with Crippen LogP contribution in [0.2, 0.25) is 5.02 Å². The van der Waals surface area contributed by atoms with Crippen molar-refractivity contribution < 1.29 is 4.39 Å². The lowest BCUT2D eigenvalue weighted by molar-refractivity contribution is 0.629. The summed E-state index contributed by atoms with van der Waals surface area (Å²) in [4.78, 5) is 8.98. The van der Waals surface area contributed by atoms with Crippen LogP contribution in [-0.2, 0) is 6.42 Å². The molecule has 19 heavy (non-hydrogen) atoms. The van der Waals surface area contributed by atoms with Crippen LogP contribution >= 0.6 is 11.6 Å². The van der Waals surface area contributed by atoms with Gasteiger partial charge in [0.1, 0.15) is 5.82 Å². The molecule has 0 N–H and O–H groups in total. The number of benzene rings is 1. The van der Waals surface area contributed by atoms with Gasteiger partial charge in [0, 0.05) is 16.4 Å². The molecule has 0 saturated carbocycles. The lowest BCUT2D eigenvalue weighted by Crippen LogP contribution is -2.02. The topological polar surface area (TPSA) is 25.8 Å². The average molecular weight is 277 g/mol. The predicted octanol–water partition coefficient (Wildman–Crippen LogP) is 4.29. The van der Waals surface area contributed by atoms with E-state index in [1.807, 2.05) is 6.92 Å². The second-order valence-corrected chi connectivity index (χ2v) is 5.49. The molecule has 3 rings (SSSR count). The third-order valence-electron chi connectivity index (χ3n) is 3.69. The molecule has 2 aromatic rings. The molecule has 1 unspecified atom stereocenters. The molecular weight excluding hydrogens is 263 g/mol. The van der Waals surface area contributed by atoms with E-state index < -0.39 is 0 Å². The summed E-state index contributed by atoms with van der Waals surface area (Å²) >= 11 is 5.92. The van der Waals surface area contributed by atoms with Gasteiger partial charge in [-0.3, -0.25) is 0 Å². The van der Waals surface area contributed by atoms with Crippen LogP contribution in [0.1, 0.15) is 36.2 Å². The minimum absolute atomic E-state index is 0.338. The zero-order valence-electron chi connectivity index (χ0n) is 10.9. The molecule has 1 aromatic heterocycles. The van der Waals surface area contributed by atoms with Gasteiger partial charge in [-0.05, 0) is 49.4 Å². The van der Waals surface area contributed by atoms with E-state index in [1.54, 1.807) is 6.07 Å². The molecule has 1 aromatic carbocycles. The monoisotopic (exact) mass is 276 g/mol. The minimum Gasteiger partial charge on any atom is -0.233 e. The van der Waals surface area contributed by atoms with Gasteiger partial charge in [-0.15, -0.1) is 0 Å². The first kappa shape index (κ1) is 12.5.